The van der Waals surface area contributed by atoms with E-state index in [9.17, 15) is 14.0 Å². The van der Waals surface area contributed by atoms with Crippen molar-refractivity contribution < 1.29 is 14.0 Å². The molecule has 1 atom stereocenters. The number of carbonyl (C=O) groups excluding carboxylic acids is 2. The number of aldehydes is 1. The third-order valence-electron chi connectivity index (χ3n) is 5.79. The number of rotatable bonds is 6. The van der Waals surface area contributed by atoms with Gasteiger partial charge in [0.05, 0.1) is 5.02 Å². The Kier molecular flexibility index (Phi) is 7.32. The zero-order valence-electron chi connectivity index (χ0n) is 18.6. The average molecular weight is 483 g/mol. The molecule has 1 unspecified atom stereocenters. The highest BCUT2D eigenvalue weighted by atomic mass is 35.5. The summed E-state index contributed by atoms with van der Waals surface area (Å²) < 4.78 is 13.4. The van der Waals surface area contributed by atoms with Crippen LogP contribution >= 0.6 is 11.6 Å². The molecule has 10 heteroatoms. The largest absolute Gasteiger partial charge is 0.363 e. The average Bonchev–Trinajstić information content (AvgIpc) is 3.27. The summed E-state index contributed by atoms with van der Waals surface area (Å²) in [5.41, 5.74) is 3.60. The van der Waals surface area contributed by atoms with Gasteiger partial charge in [0.2, 0.25) is 0 Å². The van der Waals surface area contributed by atoms with Gasteiger partial charge in [-0.05, 0) is 50.3 Å². The van der Waals surface area contributed by atoms with Crippen LogP contribution in [0.1, 0.15) is 48.7 Å². The SMILES string of the molecule is C/C1=C(C=O)/C=C\CC(NC(=O)c2ncnc3c(NCc4ccc(F)c(Cl)c4)n[nH]c23)CCC1. The van der Waals surface area contributed by atoms with Gasteiger partial charge in [-0.15, -0.1) is 0 Å². The van der Waals surface area contributed by atoms with Crippen LogP contribution in [0.2, 0.25) is 5.02 Å². The molecule has 4 rings (SSSR count). The van der Waals surface area contributed by atoms with E-state index in [1.807, 2.05) is 19.1 Å². The summed E-state index contributed by atoms with van der Waals surface area (Å²) >= 11 is 5.84. The second kappa shape index (κ2) is 10.6. The number of aromatic nitrogens is 4. The second-order valence-electron chi connectivity index (χ2n) is 8.17. The highest BCUT2D eigenvalue weighted by Crippen LogP contribution is 2.23. The Morgan fingerprint density at radius 1 is 1.35 bits per heavy atom. The highest BCUT2D eigenvalue weighted by Gasteiger charge is 2.20. The minimum Gasteiger partial charge on any atom is -0.363 e. The first-order valence-corrected chi connectivity index (χ1v) is 11.3. The number of H-pyrrole nitrogens is 1. The number of carbonyl (C=O) groups is 2. The van der Waals surface area contributed by atoms with Crippen LogP contribution in [0, 0.1) is 5.82 Å². The van der Waals surface area contributed by atoms with E-state index < -0.39 is 5.82 Å². The standard InChI is InChI=1S/C24H24ClFN6O2/c1-14-4-2-6-17(7-3-5-16(14)12-33)30-24(34)22-20-21(28-13-29-22)23(32-31-20)27-11-15-8-9-19(26)18(25)10-15/h3,5,8-10,12-13,17H,2,4,6-7,11H2,1H3,(H,30,34)(H2,27,31,32)/b5-3-,16-14+. The van der Waals surface area contributed by atoms with E-state index in [1.54, 1.807) is 6.07 Å². The van der Waals surface area contributed by atoms with E-state index in [2.05, 4.69) is 30.8 Å². The summed E-state index contributed by atoms with van der Waals surface area (Å²) in [6, 6.07) is 4.37. The molecule has 0 spiro atoms. The van der Waals surface area contributed by atoms with Crippen molar-refractivity contribution >= 4 is 40.6 Å². The lowest BCUT2D eigenvalue weighted by Gasteiger charge is -2.16. The Bertz CT molecular complexity index is 1290. The van der Waals surface area contributed by atoms with Crippen molar-refractivity contribution in [2.24, 2.45) is 0 Å². The topological polar surface area (TPSA) is 113 Å². The minimum atomic E-state index is -0.481. The smallest absolute Gasteiger partial charge is 0.272 e. The summed E-state index contributed by atoms with van der Waals surface area (Å²) in [4.78, 5) is 32.7. The number of nitrogens with zero attached hydrogens (tertiary/aromatic N) is 3. The van der Waals surface area contributed by atoms with E-state index in [-0.39, 0.29) is 22.7 Å². The third-order valence-corrected chi connectivity index (χ3v) is 6.08. The molecule has 0 bridgehead atoms. The molecule has 1 aliphatic rings. The Hall–Kier alpha value is -3.59. The van der Waals surface area contributed by atoms with Gasteiger partial charge in [0.25, 0.3) is 5.91 Å². The van der Waals surface area contributed by atoms with Gasteiger partial charge >= 0.3 is 0 Å². The first kappa shape index (κ1) is 23.6. The van der Waals surface area contributed by atoms with Crippen molar-refractivity contribution in [3.8, 4) is 0 Å². The zero-order valence-corrected chi connectivity index (χ0v) is 19.3. The van der Waals surface area contributed by atoms with Crippen LogP contribution < -0.4 is 10.6 Å². The summed E-state index contributed by atoms with van der Waals surface area (Å²) in [6.45, 7) is 2.30. The van der Waals surface area contributed by atoms with Gasteiger partial charge in [0, 0.05) is 18.2 Å². The maximum absolute atomic E-state index is 13.4. The van der Waals surface area contributed by atoms with Crippen LogP contribution in [-0.2, 0) is 11.3 Å². The maximum Gasteiger partial charge on any atom is 0.272 e. The molecule has 8 nitrogen and oxygen atoms in total. The van der Waals surface area contributed by atoms with Crippen molar-refractivity contribution in [1.29, 1.82) is 0 Å². The molecule has 0 saturated carbocycles. The normalized spacial score (nSPS) is 19.7. The molecule has 1 amide bonds. The van der Waals surface area contributed by atoms with Crippen LogP contribution in [0.3, 0.4) is 0 Å². The number of hydrogen-bond donors (Lipinski definition) is 3. The molecule has 2 aromatic heterocycles. The van der Waals surface area contributed by atoms with Crippen molar-refractivity contribution in [2.75, 3.05) is 5.32 Å². The monoisotopic (exact) mass is 482 g/mol. The second-order valence-corrected chi connectivity index (χ2v) is 8.58. The lowest BCUT2D eigenvalue weighted by molar-refractivity contribution is -0.104. The van der Waals surface area contributed by atoms with Crippen LogP contribution in [0.5, 0.6) is 0 Å². The summed E-state index contributed by atoms with van der Waals surface area (Å²) in [5.74, 6) is -0.365. The minimum absolute atomic E-state index is 0.0422. The molecule has 1 aromatic carbocycles. The van der Waals surface area contributed by atoms with Gasteiger partial charge in [-0.2, -0.15) is 5.10 Å². The molecule has 0 radical (unpaired) electrons. The molecule has 0 saturated heterocycles. The van der Waals surface area contributed by atoms with E-state index in [0.29, 0.717) is 35.4 Å². The van der Waals surface area contributed by atoms with Crippen molar-refractivity contribution in [1.82, 2.24) is 25.5 Å². The lowest BCUT2D eigenvalue weighted by Crippen LogP contribution is -2.35. The number of anilines is 1. The molecule has 3 aromatic rings. The molecular weight excluding hydrogens is 459 g/mol. The van der Waals surface area contributed by atoms with Crippen molar-refractivity contribution in [3.63, 3.8) is 0 Å². The van der Waals surface area contributed by atoms with Gasteiger partial charge in [0.1, 0.15) is 29.5 Å². The van der Waals surface area contributed by atoms with Gasteiger partial charge < -0.3 is 10.6 Å². The molecular formula is C24H24ClFN6O2. The zero-order chi connectivity index (χ0) is 24.1. The Morgan fingerprint density at radius 3 is 3.00 bits per heavy atom. The molecule has 1 aliphatic carbocycles. The van der Waals surface area contributed by atoms with Crippen LogP contribution in [0.25, 0.3) is 11.0 Å². The summed E-state index contributed by atoms with van der Waals surface area (Å²) in [7, 11) is 0. The first-order valence-electron chi connectivity index (χ1n) is 11.0. The van der Waals surface area contributed by atoms with Crippen LogP contribution in [-0.4, -0.2) is 38.4 Å². The predicted molar refractivity (Wildman–Crippen MR) is 128 cm³/mol. The first-order chi connectivity index (χ1) is 16.5. The number of amides is 1. The number of halogens is 2. The van der Waals surface area contributed by atoms with Crippen LogP contribution in [0.4, 0.5) is 10.2 Å². The molecule has 0 fully saturated rings. The fourth-order valence-electron chi connectivity index (χ4n) is 3.87. The van der Waals surface area contributed by atoms with E-state index in [1.165, 1.54) is 18.5 Å². The Labute approximate surface area is 200 Å². The number of aromatic amines is 1. The molecule has 176 valence electrons. The molecule has 0 aliphatic heterocycles. The molecule has 2 heterocycles. The predicted octanol–water partition coefficient (Wildman–Crippen LogP) is 4.50. The fraction of sp³-hybridized carbons (Fsp3) is 0.292. The maximum atomic E-state index is 13.4. The number of hydrogen-bond acceptors (Lipinski definition) is 6. The van der Waals surface area contributed by atoms with Crippen molar-refractivity contribution in [3.05, 3.63) is 69.9 Å². The summed E-state index contributed by atoms with van der Waals surface area (Å²) in [5, 5.41) is 13.3. The van der Waals surface area contributed by atoms with E-state index in [0.717, 1.165) is 36.7 Å². The van der Waals surface area contributed by atoms with Crippen molar-refractivity contribution in [2.45, 2.75) is 45.2 Å². The van der Waals surface area contributed by atoms with Gasteiger partial charge in [0.15, 0.2) is 11.5 Å². The number of nitrogens with one attached hydrogen (secondary N) is 3. The Balaban J connectivity index is 1.47. The summed E-state index contributed by atoms with van der Waals surface area (Å²) in [6.07, 6.45) is 8.98. The molecule has 34 heavy (non-hydrogen) atoms. The Morgan fingerprint density at radius 2 is 2.21 bits per heavy atom. The van der Waals surface area contributed by atoms with E-state index >= 15 is 0 Å². The van der Waals surface area contributed by atoms with Gasteiger partial charge in [-0.3, -0.25) is 14.7 Å². The van der Waals surface area contributed by atoms with Gasteiger partial charge in [-0.25, -0.2) is 14.4 Å². The quantitative estimate of drug-likeness (QED) is 0.446. The highest BCUT2D eigenvalue weighted by molar-refractivity contribution is 6.30. The fourth-order valence-corrected chi connectivity index (χ4v) is 4.07. The lowest BCUT2D eigenvalue weighted by atomic mass is 10.0. The van der Waals surface area contributed by atoms with Crippen LogP contribution in [0.15, 0.2) is 47.8 Å². The number of fused-ring (bicyclic) bond motifs is 1. The van der Waals surface area contributed by atoms with E-state index in [4.69, 9.17) is 11.6 Å². The number of benzene rings is 1. The third kappa shape index (κ3) is 5.31. The number of allylic oxidation sites excluding steroid dienone is 3. The van der Waals surface area contributed by atoms with Gasteiger partial charge in [-0.1, -0.05) is 35.4 Å². The molecule has 3 N–H and O–H groups in total.